The number of anilines is 2. The number of rotatable bonds is 4. The maximum Gasteiger partial charge on any atom is 0.243 e. The van der Waals surface area contributed by atoms with Crippen molar-refractivity contribution in [1.82, 2.24) is 4.31 Å². The Morgan fingerprint density at radius 1 is 1.00 bits per heavy atom. The molecular weight excluding hydrogens is 402 g/mol. The van der Waals surface area contributed by atoms with Gasteiger partial charge in [-0.25, -0.2) is 8.42 Å². The van der Waals surface area contributed by atoms with Gasteiger partial charge in [0.05, 0.1) is 12.0 Å². The fraction of sp³-hybridized carbons (Fsp3) is 0.409. The van der Waals surface area contributed by atoms with Crippen molar-refractivity contribution < 1.29 is 17.9 Å². The molecule has 0 aromatic heterocycles. The van der Waals surface area contributed by atoms with E-state index in [1.165, 1.54) is 0 Å². The molecule has 0 aliphatic carbocycles. The highest BCUT2D eigenvalue weighted by Crippen LogP contribution is 2.31. The van der Waals surface area contributed by atoms with E-state index in [1.807, 2.05) is 24.3 Å². The SMILES string of the molecule is COc1cccc(N2CCN(S(=O)(=O)c3ccc4c(c3)CCCN4C(C)=O)CC2)c1. The first kappa shape index (κ1) is 20.7. The zero-order valence-corrected chi connectivity index (χ0v) is 18.2. The number of sulfonamides is 1. The molecule has 0 atom stereocenters. The highest BCUT2D eigenvalue weighted by molar-refractivity contribution is 7.89. The number of amides is 1. The van der Waals surface area contributed by atoms with Gasteiger partial charge >= 0.3 is 0 Å². The lowest BCUT2D eigenvalue weighted by Gasteiger charge is -2.35. The van der Waals surface area contributed by atoms with Crippen molar-refractivity contribution in [3.63, 3.8) is 0 Å². The Bertz CT molecular complexity index is 1050. The van der Waals surface area contributed by atoms with Crippen molar-refractivity contribution in [1.29, 1.82) is 0 Å². The smallest absolute Gasteiger partial charge is 0.243 e. The van der Waals surface area contributed by atoms with Crippen LogP contribution >= 0.6 is 0 Å². The molecule has 2 heterocycles. The van der Waals surface area contributed by atoms with E-state index >= 15 is 0 Å². The zero-order valence-electron chi connectivity index (χ0n) is 17.4. The van der Waals surface area contributed by atoms with E-state index in [2.05, 4.69) is 4.90 Å². The predicted octanol–water partition coefficient (Wildman–Crippen LogP) is 2.51. The van der Waals surface area contributed by atoms with Gasteiger partial charge in [-0.05, 0) is 48.7 Å². The summed E-state index contributed by atoms with van der Waals surface area (Å²) in [5.41, 5.74) is 2.78. The number of hydrogen-bond donors (Lipinski definition) is 0. The molecular formula is C22H27N3O4S. The van der Waals surface area contributed by atoms with Gasteiger partial charge < -0.3 is 14.5 Å². The number of fused-ring (bicyclic) bond motifs is 1. The van der Waals surface area contributed by atoms with Crippen LogP contribution in [0.15, 0.2) is 47.4 Å². The Morgan fingerprint density at radius 2 is 1.77 bits per heavy atom. The highest BCUT2D eigenvalue weighted by atomic mass is 32.2. The quantitative estimate of drug-likeness (QED) is 0.747. The van der Waals surface area contributed by atoms with Crippen LogP contribution in [0.5, 0.6) is 5.75 Å². The first-order valence-electron chi connectivity index (χ1n) is 10.2. The van der Waals surface area contributed by atoms with Gasteiger partial charge in [0, 0.05) is 57.1 Å². The zero-order chi connectivity index (χ0) is 21.3. The third-order valence-electron chi connectivity index (χ3n) is 5.84. The monoisotopic (exact) mass is 429 g/mol. The summed E-state index contributed by atoms with van der Waals surface area (Å²) in [5.74, 6) is 0.774. The van der Waals surface area contributed by atoms with Gasteiger partial charge in [0.15, 0.2) is 0 Å². The van der Waals surface area contributed by atoms with Crippen LogP contribution in [0, 0.1) is 0 Å². The predicted molar refractivity (Wildman–Crippen MR) is 117 cm³/mol. The topological polar surface area (TPSA) is 70.2 Å². The second kappa shape index (κ2) is 8.28. The Morgan fingerprint density at radius 3 is 2.47 bits per heavy atom. The molecule has 0 saturated carbocycles. The molecule has 0 N–H and O–H groups in total. The van der Waals surface area contributed by atoms with Crippen molar-refractivity contribution in [3.05, 3.63) is 48.0 Å². The van der Waals surface area contributed by atoms with E-state index in [-0.39, 0.29) is 5.91 Å². The largest absolute Gasteiger partial charge is 0.497 e. The van der Waals surface area contributed by atoms with Crippen LogP contribution < -0.4 is 14.5 Å². The molecule has 1 fully saturated rings. The Balaban J connectivity index is 1.50. The first-order valence-corrected chi connectivity index (χ1v) is 11.6. The summed E-state index contributed by atoms with van der Waals surface area (Å²) in [4.78, 5) is 16.1. The Hall–Kier alpha value is -2.58. The van der Waals surface area contributed by atoms with Crippen LogP contribution in [0.3, 0.4) is 0 Å². The molecule has 2 aromatic rings. The molecule has 0 bridgehead atoms. The average Bonchev–Trinajstić information content (AvgIpc) is 2.78. The number of hydrogen-bond acceptors (Lipinski definition) is 5. The lowest BCUT2D eigenvalue weighted by Crippen LogP contribution is -2.48. The molecule has 0 unspecified atom stereocenters. The number of nitrogens with zero attached hydrogens (tertiary/aromatic N) is 3. The second-order valence-corrected chi connectivity index (χ2v) is 9.60. The van der Waals surface area contributed by atoms with Gasteiger partial charge in [-0.15, -0.1) is 0 Å². The molecule has 7 nitrogen and oxygen atoms in total. The molecule has 0 spiro atoms. The number of piperazine rings is 1. The number of carbonyl (C=O) groups excluding carboxylic acids is 1. The van der Waals surface area contributed by atoms with Gasteiger partial charge in [0.2, 0.25) is 15.9 Å². The summed E-state index contributed by atoms with van der Waals surface area (Å²) in [7, 11) is -1.94. The minimum atomic E-state index is -3.57. The van der Waals surface area contributed by atoms with Crippen LogP contribution in [0.1, 0.15) is 18.9 Å². The van der Waals surface area contributed by atoms with Crippen LogP contribution in [-0.4, -0.2) is 58.5 Å². The van der Waals surface area contributed by atoms with Gasteiger partial charge in [0.25, 0.3) is 0 Å². The van der Waals surface area contributed by atoms with Crippen LogP contribution in [0.4, 0.5) is 11.4 Å². The van der Waals surface area contributed by atoms with Crippen LogP contribution in [-0.2, 0) is 21.2 Å². The summed E-state index contributed by atoms with van der Waals surface area (Å²) < 4.78 is 33.3. The molecule has 160 valence electrons. The van der Waals surface area contributed by atoms with E-state index in [0.717, 1.165) is 35.5 Å². The molecule has 1 saturated heterocycles. The van der Waals surface area contributed by atoms with Crippen molar-refractivity contribution in [2.45, 2.75) is 24.7 Å². The lowest BCUT2D eigenvalue weighted by atomic mass is 10.0. The second-order valence-electron chi connectivity index (χ2n) is 7.66. The van der Waals surface area contributed by atoms with E-state index < -0.39 is 10.0 Å². The molecule has 0 radical (unpaired) electrons. The number of ether oxygens (including phenoxy) is 1. The van der Waals surface area contributed by atoms with Gasteiger partial charge in [-0.3, -0.25) is 4.79 Å². The molecule has 8 heteroatoms. The van der Waals surface area contributed by atoms with E-state index in [4.69, 9.17) is 4.74 Å². The molecule has 1 amide bonds. The van der Waals surface area contributed by atoms with E-state index in [0.29, 0.717) is 37.6 Å². The maximum atomic E-state index is 13.2. The summed E-state index contributed by atoms with van der Waals surface area (Å²) in [6.07, 6.45) is 1.63. The highest BCUT2D eigenvalue weighted by Gasteiger charge is 2.30. The minimum absolute atomic E-state index is 0.0137. The molecule has 2 aliphatic rings. The lowest BCUT2D eigenvalue weighted by molar-refractivity contribution is -0.116. The molecule has 4 rings (SSSR count). The first-order chi connectivity index (χ1) is 14.4. The van der Waals surface area contributed by atoms with Gasteiger partial charge in [-0.1, -0.05) is 6.07 Å². The Kier molecular flexibility index (Phi) is 5.71. The normalized spacial score (nSPS) is 17.5. The Labute approximate surface area is 177 Å². The summed E-state index contributed by atoms with van der Waals surface area (Å²) >= 11 is 0. The average molecular weight is 430 g/mol. The van der Waals surface area contributed by atoms with E-state index in [1.54, 1.807) is 41.4 Å². The van der Waals surface area contributed by atoms with Crippen LogP contribution in [0.25, 0.3) is 0 Å². The minimum Gasteiger partial charge on any atom is -0.497 e. The standard InChI is InChI=1S/C22H27N3O4S/c1-17(26)25-10-4-5-18-15-21(8-9-22(18)25)30(27,28)24-13-11-23(12-14-24)19-6-3-7-20(16-19)29-2/h3,6-9,15-16H,4-5,10-14H2,1-2H3. The number of methoxy groups -OCH3 is 1. The maximum absolute atomic E-state index is 13.2. The summed E-state index contributed by atoms with van der Waals surface area (Å²) in [6, 6.07) is 13.0. The third kappa shape index (κ3) is 3.89. The summed E-state index contributed by atoms with van der Waals surface area (Å²) in [6.45, 7) is 4.32. The van der Waals surface area contributed by atoms with Gasteiger partial charge in [0.1, 0.15) is 5.75 Å². The van der Waals surface area contributed by atoms with E-state index in [9.17, 15) is 13.2 Å². The molecule has 2 aliphatic heterocycles. The summed E-state index contributed by atoms with van der Waals surface area (Å²) in [5, 5.41) is 0. The van der Waals surface area contributed by atoms with Crippen molar-refractivity contribution in [2.24, 2.45) is 0 Å². The third-order valence-corrected chi connectivity index (χ3v) is 7.74. The fourth-order valence-electron chi connectivity index (χ4n) is 4.20. The van der Waals surface area contributed by atoms with Crippen LogP contribution in [0.2, 0.25) is 0 Å². The van der Waals surface area contributed by atoms with Crippen molar-refractivity contribution >= 4 is 27.3 Å². The molecule has 2 aromatic carbocycles. The molecule has 30 heavy (non-hydrogen) atoms. The number of carbonyl (C=O) groups is 1. The van der Waals surface area contributed by atoms with Gasteiger partial charge in [-0.2, -0.15) is 4.31 Å². The number of aryl methyl sites for hydroxylation is 1. The number of benzene rings is 2. The van der Waals surface area contributed by atoms with Crippen molar-refractivity contribution in [2.75, 3.05) is 49.6 Å². The van der Waals surface area contributed by atoms with Crippen molar-refractivity contribution in [3.8, 4) is 5.75 Å². The fourth-order valence-corrected chi connectivity index (χ4v) is 5.68.